The van der Waals surface area contributed by atoms with Gasteiger partial charge >= 0.3 is 0 Å². The van der Waals surface area contributed by atoms with Gasteiger partial charge in [-0.25, -0.2) is 0 Å². The number of aryl methyl sites for hydroxylation is 2. The highest BCUT2D eigenvalue weighted by molar-refractivity contribution is 6.06. The zero-order chi connectivity index (χ0) is 19.7. The molecule has 3 heterocycles. The molecule has 0 spiro atoms. The molecule has 0 atom stereocenters. The number of aromatic amines is 1. The molecule has 6 nitrogen and oxygen atoms in total. The lowest BCUT2D eigenvalue weighted by Gasteiger charge is -2.27. The highest BCUT2D eigenvalue weighted by Crippen LogP contribution is 2.24. The maximum atomic E-state index is 12.8. The van der Waals surface area contributed by atoms with Crippen molar-refractivity contribution in [1.29, 1.82) is 0 Å². The number of amides is 1. The summed E-state index contributed by atoms with van der Waals surface area (Å²) in [6, 6.07) is 8.00. The van der Waals surface area contributed by atoms with E-state index in [0.29, 0.717) is 12.1 Å². The summed E-state index contributed by atoms with van der Waals surface area (Å²) in [6.07, 6.45) is 2.46. The molecule has 0 saturated carbocycles. The molecule has 6 heteroatoms. The number of nitrogens with zero attached hydrogens (tertiary/aromatic N) is 3. The molecular weight excluding hydrogens is 350 g/mol. The van der Waals surface area contributed by atoms with Crippen molar-refractivity contribution in [2.45, 2.75) is 53.2 Å². The van der Waals surface area contributed by atoms with Gasteiger partial charge < -0.3 is 10.3 Å². The number of fused-ring (bicyclic) bond motifs is 2. The van der Waals surface area contributed by atoms with Crippen LogP contribution in [-0.4, -0.2) is 38.7 Å². The van der Waals surface area contributed by atoms with Gasteiger partial charge in [0, 0.05) is 24.2 Å². The van der Waals surface area contributed by atoms with Gasteiger partial charge in [0.25, 0.3) is 5.91 Å². The Kier molecular flexibility index (Phi) is 5.22. The molecule has 0 bridgehead atoms. The van der Waals surface area contributed by atoms with E-state index in [0.717, 1.165) is 48.5 Å². The molecule has 0 aliphatic carbocycles. The first-order valence-corrected chi connectivity index (χ1v) is 10.2. The first kappa shape index (κ1) is 18.7. The predicted molar refractivity (Wildman–Crippen MR) is 111 cm³/mol. The standard InChI is InChI=1S/C22H29N5O/c1-4-5-9-26-10-11-27-18(14-26)12-17(25-27)13-23-22(28)20-8-6-7-19-15(2)16(3)24-21(19)20/h6-8,12,24H,4-5,9-11,13-14H2,1-3H3,(H,23,28). The van der Waals surface area contributed by atoms with Gasteiger partial charge in [-0.05, 0) is 44.5 Å². The zero-order valence-electron chi connectivity index (χ0n) is 17.0. The maximum absolute atomic E-state index is 12.8. The van der Waals surface area contributed by atoms with Gasteiger partial charge in [-0.2, -0.15) is 5.10 Å². The van der Waals surface area contributed by atoms with E-state index in [4.69, 9.17) is 0 Å². The third kappa shape index (κ3) is 3.56. The zero-order valence-corrected chi connectivity index (χ0v) is 17.0. The monoisotopic (exact) mass is 379 g/mol. The molecule has 0 unspecified atom stereocenters. The minimum atomic E-state index is -0.0672. The Labute approximate surface area is 165 Å². The minimum absolute atomic E-state index is 0.0672. The first-order valence-electron chi connectivity index (χ1n) is 10.2. The Morgan fingerprint density at radius 3 is 2.96 bits per heavy atom. The van der Waals surface area contributed by atoms with Crippen LogP contribution in [0.3, 0.4) is 0 Å². The quantitative estimate of drug-likeness (QED) is 0.689. The van der Waals surface area contributed by atoms with Crippen LogP contribution < -0.4 is 5.32 Å². The summed E-state index contributed by atoms with van der Waals surface area (Å²) in [5.74, 6) is -0.0672. The molecule has 28 heavy (non-hydrogen) atoms. The lowest BCUT2D eigenvalue weighted by atomic mass is 10.1. The van der Waals surface area contributed by atoms with E-state index in [1.807, 2.05) is 19.1 Å². The second-order valence-electron chi connectivity index (χ2n) is 7.77. The number of benzene rings is 1. The lowest BCUT2D eigenvalue weighted by molar-refractivity contribution is 0.0952. The third-order valence-electron chi connectivity index (χ3n) is 5.77. The van der Waals surface area contributed by atoms with Crippen molar-refractivity contribution < 1.29 is 4.79 Å². The Morgan fingerprint density at radius 2 is 2.14 bits per heavy atom. The SMILES string of the molecule is CCCCN1CCn2nc(CNC(=O)c3cccc4c(C)c(C)[nH]c34)cc2C1. The second kappa shape index (κ2) is 7.80. The summed E-state index contributed by atoms with van der Waals surface area (Å²) in [5.41, 5.74) is 6.05. The number of unbranched alkanes of at least 4 members (excludes halogenated alkanes) is 1. The number of carbonyl (C=O) groups is 1. The molecule has 2 aromatic heterocycles. The fourth-order valence-electron chi connectivity index (χ4n) is 3.98. The van der Waals surface area contributed by atoms with Crippen molar-refractivity contribution in [2.75, 3.05) is 13.1 Å². The van der Waals surface area contributed by atoms with Gasteiger partial charge in [-0.15, -0.1) is 0 Å². The predicted octanol–water partition coefficient (Wildman–Crippen LogP) is 3.53. The molecule has 1 aliphatic heterocycles. The van der Waals surface area contributed by atoms with Crippen LogP contribution in [0.25, 0.3) is 10.9 Å². The maximum Gasteiger partial charge on any atom is 0.253 e. The first-order chi connectivity index (χ1) is 13.6. The molecule has 2 N–H and O–H groups in total. The van der Waals surface area contributed by atoms with E-state index >= 15 is 0 Å². The summed E-state index contributed by atoms with van der Waals surface area (Å²) in [5, 5.41) is 8.83. The van der Waals surface area contributed by atoms with E-state index in [1.54, 1.807) is 0 Å². The summed E-state index contributed by atoms with van der Waals surface area (Å²) < 4.78 is 2.09. The summed E-state index contributed by atoms with van der Waals surface area (Å²) in [6.45, 7) is 10.9. The molecule has 0 saturated heterocycles. The van der Waals surface area contributed by atoms with E-state index in [9.17, 15) is 4.79 Å². The molecule has 1 aliphatic rings. The van der Waals surface area contributed by atoms with Gasteiger partial charge in [0.2, 0.25) is 0 Å². The van der Waals surface area contributed by atoms with Crippen LogP contribution >= 0.6 is 0 Å². The van der Waals surface area contributed by atoms with E-state index in [-0.39, 0.29) is 5.91 Å². The highest BCUT2D eigenvalue weighted by atomic mass is 16.1. The van der Waals surface area contributed by atoms with Crippen LogP contribution in [0.2, 0.25) is 0 Å². The Morgan fingerprint density at radius 1 is 1.29 bits per heavy atom. The Bertz CT molecular complexity index is 1000. The van der Waals surface area contributed by atoms with E-state index in [2.05, 4.69) is 51.0 Å². The molecule has 0 radical (unpaired) electrons. The van der Waals surface area contributed by atoms with Crippen molar-refractivity contribution in [2.24, 2.45) is 0 Å². The van der Waals surface area contributed by atoms with Crippen molar-refractivity contribution >= 4 is 16.8 Å². The number of carbonyl (C=O) groups excluding carboxylic acids is 1. The Balaban J connectivity index is 1.44. The average molecular weight is 380 g/mol. The van der Waals surface area contributed by atoms with E-state index < -0.39 is 0 Å². The molecule has 3 aromatic rings. The van der Waals surface area contributed by atoms with E-state index in [1.165, 1.54) is 24.1 Å². The number of rotatable bonds is 6. The van der Waals surface area contributed by atoms with Gasteiger partial charge in [0.15, 0.2) is 0 Å². The van der Waals surface area contributed by atoms with Crippen LogP contribution in [0.1, 0.15) is 52.8 Å². The molecule has 1 amide bonds. The topological polar surface area (TPSA) is 66.0 Å². The van der Waals surface area contributed by atoms with Crippen LogP contribution in [0.5, 0.6) is 0 Å². The number of para-hydroxylation sites is 1. The summed E-state index contributed by atoms with van der Waals surface area (Å²) in [7, 11) is 0. The number of hydrogen-bond acceptors (Lipinski definition) is 3. The largest absolute Gasteiger partial charge is 0.358 e. The van der Waals surface area contributed by atoms with Crippen molar-refractivity contribution in [3.8, 4) is 0 Å². The van der Waals surface area contributed by atoms with Gasteiger partial charge in [0.1, 0.15) is 0 Å². The third-order valence-corrected chi connectivity index (χ3v) is 5.77. The van der Waals surface area contributed by atoms with Crippen LogP contribution in [0.4, 0.5) is 0 Å². The number of hydrogen-bond donors (Lipinski definition) is 2. The molecule has 4 rings (SSSR count). The van der Waals surface area contributed by atoms with Gasteiger partial charge in [0.05, 0.1) is 35.6 Å². The smallest absolute Gasteiger partial charge is 0.253 e. The van der Waals surface area contributed by atoms with Gasteiger partial charge in [-0.3, -0.25) is 14.4 Å². The number of H-pyrrole nitrogens is 1. The number of nitrogens with one attached hydrogen (secondary N) is 2. The molecule has 148 valence electrons. The van der Waals surface area contributed by atoms with Crippen LogP contribution in [0.15, 0.2) is 24.3 Å². The second-order valence-corrected chi connectivity index (χ2v) is 7.77. The van der Waals surface area contributed by atoms with Gasteiger partial charge in [-0.1, -0.05) is 25.5 Å². The van der Waals surface area contributed by atoms with Crippen molar-refractivity contribution in [1.82, 2.24) is 25.0 Å². The molecule has 1 aromatic carbocycles. The summed E-state index contributed by atoms with van der Waals surface area (Å²) >= 11 is 0. The van der Waals surface area contributed by atoms with Crippen molar-refractivity contribution in [3.63, 3.8) is 0 Å². The fraction of sp³-hybridized carbons (Fsp3) is 0.455. The Hall–Kier alpha value is -2.60. The minimum Gasteiger partial charge on any atom is -0.358 e. The summed E-state index contributed by atoms with van der Waals surface area (Å²) in [4.78, 5) is 18.6. The van der Waals surface area contributed by atoms with Crippen LogP contribution in [0, 0.1) is 13.8 Å². The lowest BCUT2D eigenvalue weighted by Crippen LogP contribution is -2.34. The fourth-order valence-corrected chi connectivity index (χ4v) is 3.98. The van der Waals surface area contributed by atoms with Crippen molar-refractivity contribution in [3.05, 3.63) is 52.5 Å². The van der Waals surface area contributed by atoms with Crippen LogP contribution in [-0.2, 0) is 19.6 Å². The highest BCUT2D eigenvalue weighted by Gasteiger charge is 2.19. The molecular formula is C22H29N5O. The average Bonchev–Trinajstić information content (AvgIpc) is 3.24. The molecule has 0 fully saturated rings. The number of aromatic nitrogens is 3. The normalized spacial score (nSPS) is 14.4.